The summed E-state index contributed by atoms with van der Waals surface area (Å²) in [6, 6.07) is 14.4. The molecule has 0 saturated carbocycles. The summed E-state index contributed by atoms with van der Waals surface area (Å²) in [5.41, 5.74) is 8.07. The maximum Gasteiger partial charge on any atom is 0.134 e. The van der Waals surface area contributed by atoms with Crippen molar-refractivity contribution in [2.24, 2.45) is 5.73 Å². The minimum Gasteiger partial charge on any atom is -0.459 e. The third kappa shape index (κ3) is 3.28. The van der Waals surface area contributed by atoms with E-state index in [1.54, 1.807) is 17.8 Å². The number of furan rings is 1. The first-order valence-corrected chi connectivity index (χ1v) is 7.74. The predicted molar refractivity (Wildman–Crippen MR) is 85.0 cm³/mol. The number of rotatable bonds is 4. The monoisotopic (exact) mass is 301 g/mol. The van der Waals surface area contributed by atoms with Crippen molar-refractivity contribution in [1.29, 1.82) is 0 Å². The fraction of sp³-hybridized carbons (Fsp3) is 0.176. The van der Waals surface area contributed by atoms with E-state index in [0.29, 0.717) is 17.1 Å². The average Bonchev–Trinajstić information content (AvgIpc) is 2.89. The number of hydrogen-bond acceptors (Lipinski definition) is 3. The third-order valence-corrected chi connectivity index (χ3v) is 4.44. The molecule has 108 valence electrons. The van der Waals surface area contributed by atoms with E-state index in [1.165, 1.54) is 22.6 Å². The standard InChI is InChI=1S/C17H16FNOS/c1-11-2-5-14(6-3-11)21-10-15(19)17-9-12-8-13(18)4-7-16(12)20-17/h2-9,15H,10,19H2,1H3. The zero-order valence-electron chi connectivity index (χ0n) is 11.7. The number of thioether (sulfide) groups is 1. The first kappa shape index (κ1) is 14.2. The van der Waals surface area contributed by atoms with Crippen molar-refractivity contribution in [2.75, 3.05) is 5.75 Å². The second-order valence-corrected chi connectivity index (χ2v) is 6.15. The summed E-state index contributed by atoms with van der Waals surface area (Å²) in [5.74, 6) is 1.14. The molecule has 1 unspecified atom stereocenters. The topological polar surface area (TPSA) is 39.2 Å². The average molecular weight is 301 g/mol. The van der Waals surface area contributed by atoms with E-state index in [1.807, 2.05) is 6.07 Å². The molecule has 0 aliphatic heterocycles. The molecule has 3 rings (SSSR count). The number of fused-ring (bicyclic) bond motifs is 1. The van der Waals surface area contributed by atoms with E-state index in [2.05, 4.69) is 31.2 Å². The molecule has 1 atom stereocenters. The van der Waals surface area contributed by atoms with Gasteiger partial charge in [-0.2, -0.15) is 0 Å². The molecule has 0 amide bonds. The molecule has 21 heavy (non-hydrogen) atoms. The fourth-order valence-corrected chi connectivity index (χ4v) is 2.98. The maximum atomic E-state index is 13.2. The highest BCUT2D eigenvalue weighted by Gasteiger charge is 2.13. The molecule has 1 aromatic heterocycles. The zero-order chi connectivity index (χ0) is 14.8. The fourth-order valence-electron chi connectivity index (χ4n) is 2.12. The van der Waals surface area contributed by atoms with Gasteiger partial charge in [0.05, 0.1) is 6.04 Å². The number of nitrogens with two attached hydrogens (primary N) is 1. The molecule has 0 aliphatic rings. The highest BCUT2D eigenvalue weighted by Crippen LogP contribution is 2.28. The summed E-state index contributed by atoms with van der Waals surface area (Å²) in [4.78, 5) is 1.18. The highest BCUT2D eigenvalue weighted by molar-refractivity contribution is 7.99. The van der Waals surface area contributed by atoms with Gasteiger partial charge in [0, 0.05) is 16.0 Å². The third-order valence-electron chi connectivity index (χ3n) is 3.31. The number of halogens is 1. The predicted octanol–water partition coefficient (Wildman–Crippen LogP) is 4.67. The van der Waals surface area contributed by atoms with E-state index >= 15 is 0 Å². The molecule has 0 spiro atoms. The van der Waals surface area contributed by atoms with Gasteiger partial charge in [-0.25, -0.2) is 4.39 Å². The van der Waals surface area contributed by atoms with Crippen LogP contribution in [0.5, 0.6) is 0 Å². The number of hydrogen-bond donors (Lipinski definition) is 1. The Labute approximate surface area is 127 Å². The highest BCUT2D eigenvalue weighted by atomic mass is 32.2. The molecule has 2 nitrogen and oxygen atoms in total. The molecule has 0 bridgehead atoms. The Kier molecular flexibility index (Phi) is 3.99. The van der Waals surface area contributed by atoms with E-state index in [4.69, 9.17) is 10.2 Å². The molecule has 2 aromatic carbocycles. The van der Waals surface area contributed by atoms with Crippen molar-refractivity contribution in [2.45, 2.75) is 17.9 Å². The van der Waals surface area contributed by atoms with E-state index in [-0.39, 0.29) is 11.9 Å². The molecular formula is C17H16FNOS. The van der Waals surface area contributed by atoms with Gasteiger partial charge in [-0.1, -0.05) is 17.7 Å². The first-order valence-electron chi connectivity index (χ1n) is 6.76. The van der Waals surface area contributed by atoms with Gasteiger partial charge in [-0.15, -0.1) is 11.8 Å². The summed E-state index contributed by atoms with van der Waals surface area (Å²) in [6.45, 7) is 2.06. The van der Waals surface area contributed by atoms with E-state index < -0.39 is 0 Å². The molecule has 3 aromatic rings. The Balaban J connectivity index is 1.71. The molecule has 0 radical (unpaired) electrons. The minimum atomic E-state index is -0.266. The number of benzene rings is 2. The lowest BCUT2D eigenvalue weighted by molar-refractivity contribution is 0.515. The molecule has 4 heteroatoms. The lowest BCUT2D eigenvalue weighted by Crippen LogP contribution is -2.11. The van der Waals surface area contributed by atoms with Crippen LogP contribution in [-0.2, 0) is 0 Å². The van der Waals surface area contributed by atoms with Crippen LogP contribution < -0.4 is 5.73 Å². The minimum absolute atomic E-state index is 0.216. The largest absolute Gasteiger partial charge is 0.459 e. The van der Waals surface area contributed by atoms with Crippen LogP contribution in [-0.4, -0.2) is 5.75 Å². The van der Waals surface area contributed by atoms with Crippen LogP contribution in [0.25, 0.3) is 11.0 Å². The van der Waals surface area contributed by atoms with Crippen molar-refractivity contribution in [1.82, 2.24) is 0 Å². The smallest absolute Gasteiger partial charge is 0.134 e. The van der Waals surface area contributed by atoms with Crippen molar-refractivity contribution >= 4 is 22.7 Å². The summed E-state index contributed by atoms with van der Waals surface area (Å²) in [5, 5.41) is 0.751. The zero-order valence-corrected chi connectivity index (χ0v) is 12.5. The van der Waals surface area contributed by atoms with Crippen LogP contribution in [0.4, 0.5) is 4.39 Å². The van der Waals surface area contributed by atoms with Crippen molar-refractivity contribution in [3.8, 4) is 0 Å². The molecule has 0 aliphatic carbocycles. The first-order chi connectivity index (χ1) is 10.1. The van der Waals surface area contributed by atoms with Crippen LogP contribution in [0.15, 0.2) is 57.8 Å². The lowest BCUT2D eigenvalue weighted by atomic mass is 10.2. The Hall–Kier alpha value is -1.78. The molecule has 0 fully saturated rings. The second kappa shape index (κ2) is 5.92. The molecular weight excluding hydrogens is 285 g/mol. The van der Waals surface area contributed by atoms with Crippen molar-refractivity contribution in [3.63, 3.8) is 0 Å². The Bertz CT molecular complexity index is 751. The molecule has 2 N–H and O–H groups in total. The van der Waals surface area contributed by atoms with Gasteiger partial charge in [0.1, 0.15) is 17.2 Å². The molecule has 0 saturated heterocycles. The van der Waals surface area contributed by atoms with Crippen LogP contribution in [0, 0.1) is 12.7 Å². The summed E-state index contributed by atoms with van der Waals surface area (Å²) in [6.07, 6.45) is 0. The van der Waals surface area contributed by atoms with Crippen LogP contribution in [0.3, 0.4) is 0 Å². The lowest BCUT2D eigenvalue weighted by Gasteiger charge is -2.08. The van der Waals surface area contributed by atoms with Gasteiger partial charge < -0.3 is 10.2 Å². The quantitative estimate of drug-likeness (QED) is 0.712. The SMILES string of the molecule is Cc1ccc(SCC(N)c2cc3cc(F)ccc3o2)cc1. The summed E-state index contributed by atoms with van der Waals surface area (Å²) >= 11 is 1.69. The van der Waals surface area contributed by atoms with Gasteiger partial charge in [0.2, 0.25) is 0 Å². The van der Waals surface area contributed by atoms with E-state index in [9.17, 15) is 4.39 Å². The Morgan fingerprint density at radius 1 is 1.14 bits per heavy atom. The van der Waals surface area contributed by atoms with E-state index in [0.717, 1.165) is 5.39 Å². The Morgan fingerprint density at radius 3 is 2.67 bits per heavy atom. The van der Waals surface area contributed by atoms with Gasteiger partial charge in [0.15, 0.2) is 0 Å². The van der Waals surface area contributed by atoms with Gasteiger partial charge in [-0.3, -0.25) is 0 Å². The summed E-state index contributed by atoms with van der Waals surface area (Å²) in [7, 11) is 0. The number of aryl methyl sites for hydroxylation is 1. The normalized spacial score (nSPS) is 12.7. The van der Waals surface area contributed by atoms with Crippen LogP contribution in [0.2, 0.25) is 0 Å². The van der Waals surface area contributed by atoms with Crippen molar-refractivity contribution in [3.05, 3.63) is 65.7 Å². The van der Waals surface area contributed by atoms with Crippen LogP contribution in [0.1, 0.15) is 17.4 Å². The Morgan fingerprint density at radius 2 is 1.90 bits per heavy atom. The maximum absolute atomic E-state index is 13.2. The van der Waals surface area contributed by atoms with Gasteiger partial charge >= 0.3 is 0 Å². The molecule has 1 heterocycles. The second-order valence-electron chi connectivity index (χ2n) is 5.06. The van der Waals surface area contributed by atoms with Crippen LogP contribution >= 0.6 is 11.8 Å². The van der Waals surface area contributed by atoms with Gasteiger partial charge in [-0.05, 0) is 43.3 Å². The summed E-state index contributed by atoms with van der Waals surface area (Å²) < 4.78 is 18.9. The van der Waals surface area contributed by atoms with Crippen molar-refractivity contribution < 1.29 is 8.81 Å². The van der Waals surface area contributed by atoms with Gasteiger partial charge in [0.25, 0.3) is 0 Å².